The van der Waals surface area contributed by atoms with Crippen LogP contribution in [-0.4, -0.2) is 41.7 Å². The number of amides is 3. The zero-order valence-corrected chi connectivity index (χ0v) is 16.6. The molecule has 3 rings (SSSR count). The Hall–Kier alpha value is -2.96. The summed E-state index contributed by atoms with van der Waals surface area (Å²) in [5, 5.41) is 2.72. The largest absolute Gasteiger partial charge is 0.462 e. The Morgan fingerprint density at radius 3 is 2.28 bits per heavy atom. The number of hydrogen-bond donors (Lipinski definition) is 1. The van der Waals surface area contributed by atoms with E-state index in [4.69, 9.17) is 4.74 Å². The van der Waals surface area contributed by atoms with Crippen LogP contribution in [0.25, 0.3) is 0 Å². The van der Waals surface area contributed by atoms with E-state index >= 15 is 0 Å². The van der Waals surface area contributed by atoms with Crippen LogP contribution in [0.3, 0.4) is 0 Å². The summed E-state index contributed by atoms with van der Waals surface area (Å²) < 4.78 is 5.15. The lowest BCUT2D eigenvalue weighted by Crippen LogP contribution is -2.34. The highest BCUT2D eigenvalue weighted by molar-refractivity contribution is 6.05. The number of likely N-dealkylation sites (tertiary alicyclic amines) is 1. The highest BCUT2D eigenvalue weighted by atomic mass is 16.5. The standard InChI is InChI=1S/C22H26N2O5/c1-2-3-14-29-22(28)15-8-10-16(11-9-15)23-19(25)12-13-24-20(26)17-6-4-5-7-18(17)21(24)27/h4-5,8-11,17-18H,2-3,6-7,12-14H2,1H3,(H,23,25)/t17-,18-/m1/s1. The van der Waals surface area contributed by atoms with Gasteiger partial charge in [0.15, 0.2) is 0 Å². The molecule has 3 amide bonds. The van der Waals surface area contributed by atoms with Crippen LogP contribution in [0.5, 0.6) is 0 Å². The van der Waals surface area contributed by atoms with Crippen molar-refractivity contribution in [2.24, 2.45) is 11.8 Å². The third kappa shape index (κ3) is 4.91. The number of anilines is 1. The second-order valence-corrected chi connectivity index (χ2v) is 7.35. The van der Waals surface area contributed by atoms with Gasteiger partial charge in [-0.05, 0) is 43.5 Å². The second-order valence-electron chi connectivity index (χ2n) is 7.35. The van der Waals surface area contributed by atoms with E-state index in [1.165, 1.54) is 4.90 Å². The SMILES string of the molecule is CCCCOC(=O)c1ccc(NC(=O)CCN2C(=O)[C@@H]3CC=CC[C@H]3C2=O)cc1. The fourth-order valence-corrected chi connectivity index (χ4v) is 3.61. The van der Waals surface area contributed by atoms with Crippen LogP contribution in [0, 0.1) is 11.8 Å². The number of unbranched alkanes of at least 4 members (excludes halogenated alkanes) is 1. The second kappa shape index (κ2) is 9.49. The molecule has 29 heavy (non-hydrogen) atoms. The summed E-state index contributed by atoms with van der Waals surface area (Å²) in [5.74, 6) is -1.60. The number of nitrogens with one attached hydrogen (secondary N) is 1. The zero-order valence-electron chi connectivity index (χ0n) is 16.6. The summed E-state index contributed by atoms with van der Waals surface area (Å²) >= 11 is 0. The number of fused-ring (bicyclic) bond motifs is 1. The predicted molar refractivity (Wildman–Crippen MR) is 107 cm³/mol. The molecule has 1 fully saturated rings. The van der Waals surface area contributed by atoms with Crippen molar-refractivity contribution in [1.29, 1.82) is 0 Å². The molecule has 1 N–H and O–H groups in total. The molecule has 1 aromatic rings. The first-order valence-electron chi connectivity index (χ1n) is 10.1. The molecule has 0 bridgehead atoms. The normalized spacial score (nSPS) is 20.5. The van der Waals surface area contributed by atoms with Gasteiger partial charge in [0.1, 0.15) is 0 Å². The predicted octanol–water partition coefficient (Wildman–Crippen LogP) is 2.92. The summed E-state index contributed by atoms with van der Waals surface area (Å²) in [6.45, 7) is 2.49. The zero-order chi connectivity index (χ0) is 20.8. The fraction of sp³-hybridized carbons (Fsp3) is 0.455. The summed E-state index contributed by atoms with van der Waals surface area (Å²) in [4.78, 5) is 50.2. The van der Waals surface area contributed by atoms with Gasteiger partial charge in [-0.2, -0.15) is 0 Å². The van der Waals surface area contributed by atoms with Crippen LogP contribution >= 0.6 is 0 Å². The molecule has 1 aliphatic carbocycles. The van der Waals surface area contributed by atoms with E-state index in [0.29, 0.717) is 30.7 Å². The van der Waals surface area contributed by atoms with Gasteiger partial charge in [0.2, 0.25) is 17.7 Å². The van der Waals surface area contributed by atoms with E-state index in [2.05, 4.69) is 5.32 Å². The molecule has 2 atom stereocenters. The van der Waals surface area contributed by atoms with Gasteiger partial charge in [-0.15, -0.1) is 0 Å². The van der Waals surface area contributed by atoms with Crippen LogP contribution in [0.1, 0.15) is 49.4 Å². The van der Waals surface area contributed by atoms with Crippen molar-refractivity contribution in [3.8, 4) is 0 Å². The average molecular weight is 398 g/mol. The first-order chi connectivity index (χ1) is 14.0. The lowest BCUT2D eigenvalue weighted by molar-refractivity contribution is -0.140. The van der Waals surface area contributed by atoms with Crippen LogP contribution < -0.4 is 5.32 Å². The topological polar surface area (TPSA) is 92.8 Å². The molecular weight excluding hydrogens is 372 g/mol. The monoisotopic (exact) mass is 398 g/mol. The number of esters is 1. The Morgan fingerprint density at radius 1 is 1.07 bits per heavy atom. The first-order valence-corrected chi connectivity index (χ1v) is 10.1. The van der Waals surface area contributed by atoms with Crippen LogP contribution in [0.2, 0.25) is 0 Å². The number of benzene rings is 1. The number of carbonyl (C=O) groups is 4. The fourth-order valence-electron chi connectivity index (χ4n) is 3.61. The summed E-state index contributed by atoms with van der Waals surface area (Å²) in [6, 6.07) is 6.44. The molecule has 154 valence electrons. The van der Waals surface area contributed by atoms with Crippen LogP contribution in [0.15, 0.2) is 36.4 Å². The van der Waals surface area contributed by atoms with Gasteiger partial charge >= 0.3 is 5.97 Å². The van der Waals surface area contributed by atoms with Gasteiger partial charge in [0.25, 0.3) is 0 Å². The number of imide groups is 1. The number of rotatable bonds is 8. The van der Waals surface area contributed by atoms with Crippen molar-refractivity contribution in [1.82, 2.24) is 4.90 Å². The van der Waals surface area contributed by atoms with Gasteiger partial charge in [-0.1, -0.05) is 25.5 Å². The maximum absolute atomic E-state index is 12.4. The molecule has 0 aromatic heterocycles. The molecule has 1 saturated heterocycles. The minimum Gasteiger partial charge on any atom is -0.462 e. The number of carbonyl (C=O) groups excluding carboxylic acids is 4. The van der Waals surface area contributed by atoms with E-state index in [1.54, 1.807) is 24.3 Å². The highest BCUT2D eigenvalue weighted by Gasteiger charge is 2.46. The van der Waals surface area contributed by atoms with Crippen LogP contribution in [0.4, 0.5) is 5.69 Å². The Morgan fingerprint density at radius 2 is 1.69 bits per heavy atom. The third-order valence-corrected chi connectivity index (χ3v) is 5.30. The maximum atomic E-state index is 12.4. The number of ether oxygens (including phenoxy) is 1. The molecule has 1 aliphatic heterocycles. The minimum atomic E-state index is -0.390. The van der Waals surface area contributed by atoms with Gasteiger partial charge in [0.05, 0.1) is 24.0 Å². The highest BCUT2D eigenvalue weighted by Crippen LogP contribution is 2.35. The molecule has 1 heterocycles. The Balaban J connectivity index is 1.48. The van der Waals surface area contributed by atoms with Crippen molar-refractivity contribution in [2.75, 3.05) is 18.5 Å². The van der Waals surface area contributed by atoms with E-state index in [0.717, 1.165) is 12.8 Å². The number of nitrogens with zero attached hydrogens (tertiary/aromatic N) is 1. The van der Waals surface area contributed by atoms with E-state index in [1.807, 2.05) is 19.1 Å². The third-order valence-electron chi connectivity index (χ3n) is 5.30. The van der Waals surface area contributed by atoms with Crippen molar-refractivity contribution >= 4 is 29.4 Å². The molecule has 7 heteroatoms. The molecule has 0 radical (unpaired) electrons. The van der Waals surface area contributed by atoms with E-state index in [-0.39, 0.29) is 42.5 Å². The smallest absolute Gasteiger partial charge is 0.338 e. The van der Waals surface area contributed by atoms with Crippen molar-refractivity contribution in [2.45, 2.75) is 39.0 Å². The minimum absolute atomic E-state index is 0.0329. The lowest BCUT2D eigenvalue weighted by atomic mass is 9.85. The Kier molecular flexibility index (Phi) is 6.80. The lowest BCUT2D eigenvalue weighted by Gasteiger charge is -2.14. The van der Waals surface area contributed by atoms with Gasteiger partial charge in [-0.3, -0.25) is 19.3 Å². The number of hydrogen-bond acceptors (Lipinski definition) is 5. The van der Waals surface area contributed by atoms with E-state index < -0.39 is 5.97 Å². The average Bonchev–Trinajstić information content (AvgIpc) is 2.97. The molecule has 0 saturated carbocycles. The summed E-state index contributed by atoms with van der Waals surface area (Å²) in [6.07, 6.45) is 6.85. The molecule has 0 spiro atoms. The Bertz CT molecular complexity index is 789. The molecule has 0 unspecified atom stereocenters. The van der Waals surface area contributed by atoms with Crippen molar-refractivity contribution < 1.29 is 23.9 Å². The first kappa shape index (κ1) is 20.8. The molecule has 2 aliphatic rings. The van der Waals surface area contributed by atoms with Gasteiger partial charge in [0, 0.05) is 18.7 Å². The van der Waals surface area contributed by atoms with Gasteiger partial charge < -0.3 is 10.1 Å². The summed E-state index contributed by atoms with van der Waals surface area (Å²) in [5.41, 5.74) is 0.959. The maximum Gasteiger partial charge on any atom is 0.338 e. The quantitative estimate of drug-likeness (QED) is 0.315. The number of allylic oxidation sites excluding steroid dienone is 2. The van der Waals surface area contributed by atoms with Gasteiger partial charge in [-0.25, -0.2) is 4.79 Å². The van der Waals surface area contributed by atoms with Crippen LogP contribution in [-0.2, 0) is 19.1 Å². The van der Waals surface area contributed by atoms with Crippen molar-refractivity contribution in [3.05, 3.63) is 42.0 Å². The van der Waals surface area contributed by atoms with E-state index in [9.17, 15) is 19.2 Å². The van der Waals surface area contributed by atoms with Crippen molar-refractivity contribution in [3.63, 3.8) is 0 Å². The molecule has 7 nitrogen and oxygen atoms in total. The Labute approximate surface area is 170 Å². The molecular formula is C22H26N2O5. The molecule has 1 aromatic carbocycles. The summed E-state index contributed by atoms with van der Waals surface area (Å²) in [7, 11) is 0.